The number of carbonyl (C=O) groups excluding carboxylic acids is 1. The summed E-state index contributed by atoms with van der Waals surface area (Å²) in [5, 5.41) is 2.97. The van der Waals surface area contributed by atoms with Crippen molar-refractivity contribution in [2.45, 2.75) is 25.3 Å². The SMILES string of the molecule is CC(Cl)C(=O)NC(C)c1ccc(Cl)cc1. The van der Waals surface area contributed by atoms with Crippen LogP contribution >= 0.6 is 23.2 Å². The number of amides is 1. The van der Waals surface area contributed by atoms with Crippen LogP contribution in [0.25, 0.3) is 0 Å². The Hall–Kier alpha value is -0.730. The molecule has 2 atom stereocenters. The molecule has 1 N–H and O–H groups in total. The highest BCUT2D eigenvalue weighted by molar-refractivity contribution is 6.30. The van der Waals surface area contributed by atoms with E-state index in [0.717, 1.165) is 5.56 Å². The van der Waals surface area contributed by atoms with Gasteiger partial charge in [-0.1, -0.05) is 23.7 Å². The molecule has 1 amide bonds. The van der Waals surface area contributed by atoms with Crippen molar-refractivity contribution < 1.29 is 4.79 Å². The quantitative estimate of drug-likeness (QED) is 0.815. The zero-order chi connectivity index (χ0) is 11.4. The largest absolute Gasteiger partial charge is 0.348 e. The second kappa shape index (κ2) is 5.38. The van der Waals surface area contributed by atoms with Gasteiger partial charge in [-0.05, 0) is 31.5 Å². The molecular weight excluding hydrogens is 233 g/mol. The van der Waals surface area contributed by atoms with Gasteiger partial charge in [0.25, 0.3) is 0 Å². The van der Waals surface area contributed by atoms with Crippen molar-refractivity contribution in [3.05, 3.63) is 34.9 Å². The van der Waals surface area contributed by atoms with Crippen LogP contribution in [0, 0.1) is 0 Å². The first-order chi connectivity index (χ1) is 7.00. The molecule has 0 aromatic heterocycles. The van der Waals surface area contributed by atoms with Crippen molar-refractivity contribution in [2.75, 3.05) is 0 Å². The fraction of sp³-hybridized carbons (Fsp3) is 0.364. The second-order valence-corrected chi connectivity index (χ2v) is 4.49. The predicted octanol–water partition coefficient (Wildman–Crippen LogP) is 3.14. The van der Waals surface area contributed by atoms with Gasteiger partial charge >= 0.3 is 0 Å². The van der Waals surface area contributed by atoms with Gasteiger partial charge in [0.1, 0.15) is 5.38 Å². The second-order valence-electron chi connectivity index (χ2n) is 3.40. The van der Waals surface area contributed by atoms with Crippen molar-refractivity contribution >= 4 is 29.1 Å². The molecule has 1 aromatic carbocycles. The normalized spacial score (nSPS) is 14.4. The van der Waals surface area contributed by atoms with E-state index in [1.165, 1.54) is 0 Å². The molecule has 2 unspecified atom stereocenters. The van der Waals surface area contributed by atoms with Crippen LogP contribution in [0.2, 0.25) is 5.02 Å². The molecule has 0 aliphatic heterocycles. The van der Waals surface area contributed by atoms with Gasteiger partial charge in [0.05, 0.1) is 6.04 Å². The number of alkyl halides is 1. The third-order valence-electron chi connectivity index (χ3n) is 2.09. The topological polar surface area (TPSA) is 29.1 Å². The lowest BCUT2D eigenvalue weighted by Crippen LogP contribution is -2.31. The van der Waals surface area contributed by atoms with Crippen LogP contribution in [-0.4, -0.2) is 11.3 Å². The Morgan fingerprint density at radius 3 is 2.27 bits per heavy atom. The first-order valence-corrected chi connectivity index (χ1v) is 5.52. The highest BCUT2D eigenvalue weighted by Crippen LogP contribution is 2.16. The van der Waals surface area contributed by atoms with Crippen molar-refractivity contribution in [3.8, 4) is 0 Å². The summed E-state index contributed by atoms with van der Waals surface area (Å²) in [4.78, 5) is 11.3. The summed E-state index contributed by atoms with van der Waals surface area (Å²) in [6, 6.07) is 7.29. The molecular formula is C11H13Cl2NO. The molecule has 0 aliphatic rings. The number of rotatable bonds is 3. The summed E-state index contributed by atoms with van der Waals surface area (Å²) >= 11 is 11.4. The summed E-state index contributed by atoms with van der Waals surface area (Å²) in [6.45, 7) is 3.55. The summed E-state index contributed by atoms with van der Waals surface area (Å²) in [5.74, 6) is -0.167. The Morgan fingerprint density at radius 2 is 1.80 bits per heavy atom. The lowest BCUT2D eigenvalue weighted by Gasteiger charge is -2.15. The predicted molar refractivity (Wildman–Crippen MR) is 63.3 cm³/mol. The molecule has 0 bridgehead atoms. The van der Waals surface area contributed by atoms with Gasteiger partial charge in [0, 0.05) is 5.02 Å². The van der Waals surface area contributed by atoms with Crippen molar-refractivity contribution in [1.29, 1.82) is 0 Å². The molecule has 4 heteroatoms. The van der Waals surface area contributed by atoms with E-state index < -0.39 is 5.38 Å². The number of halogens is 2. The van der Waals surface area contributed by atoms with Crippen LogP contribution in [-0.2, 0) is 4.79 Å². The first kappa shape index (κ1) is 12.3. The molecule has 0 radical (unpaired) electrons. The number of nitrogens with one attached hydrogen (secondary N) is 1. The third kappa shape index (κ3) is 3.73. The molecule has 0 heterocycles. The zero-order valence-electron chi connectivity index (χ0n) is 8.63. The van der Waals surface area contributed by atoms with Gasteiger partial charge < -0.3 is 5.32 Å². The smallest absolute Gasteiger partial charge is 0.238 e. The van der Waals surface area contributed by atoms with Crippen LogP contribution in [0.4, 0.5) is 0 Å². The maximum Gasteiger partial charge on any atom is 0.238 e. The van der Waals surface area contributed by atoms with E-state index in [0.29, 0.717) is 5.02 Å². The Balaban J connectivity index is 2.65. The summed E-state index contributed by atoms with van der Waals surface area (Å²) in [7, 11) is 0. The highest BCUT2D eigenvalue weighted by Gasteiger charge is 2.13. The molecule has 0 fully saturated rings. The number of benzene rings is 1. The van der Waals surface area contributed by atoms with Gasteiger partial charge in [0.2, 0.25) is 5.91 Å². The van der Waals surface area contributed by atoms with Crippen LogP contribution < -0.4 is 5.32 Å². The molecule has 1 aromatic rings. The molecule has 82 valence electrons. The average molecular weight is 246 g/mol. The fourth-order valence-electron chi connectivity index (χ4n) is 1.16. The number of hydrogen-bond donors (Lipinski definition) is 1. The molecule has 0 saturated heterocycles. The van der Waals surface area contributed by atoms with Gasteiger partial charge in [-0.3, -0.25) is 4.79 Å². The minimum Gasteiger partial charge on any atom is -0.348 e. The van der Waals surface area contributed by atoms with E-state index in [-0.39, 0.29) is 11.9 Å². The van der Waals surface area contributed by atoms with Crippen molar-refractivity contribution in [2.24, 2.45) is 0 Å². The molecule has 15 heavy (non-hydrogen) atoms. The van der Waals surface area contributed by atoms with E-state index in [1.54, 1.807) is 19.1 Å². The van der Waals surface area contributed by atoms with Crippen molar-refractivity contribution in [3.63, 3.8) is 0 Å². The molecule has 1 rings (SSSR count). The fourth-order valence-corrected chi connectivity index (χ4v) is 1.35. The minimum absolute atomic E-state index is 0.0593. The summed E-state index contributed by atoms with van der Waals surface area (Å²) in [5.41, 5.74) is 1.00. The van der Waals surface area contributed by atoms with Crippen LogP contribution in [0.5, 0.6) is 0 Å². The minimum atomic E-state index is -0.514. The Morgan fingerprint density at radius 1 is 1.27 bits per heavy atom. The Kier molecular flexibility index (Phi) is 4.43. The van der Waals surface area contributed by atoms with Crippen LogP contribution in [0.1, 0.15) is 25.5 Å². The number of carbonyl (C=O) groups is 1. The molecule has 0 saturated carbocycles. The van der Waals surface area contributed by atoms with E-state index in [1.807, 2.05) is 19.1 Å². The maximum atomic E-state index is 11.3. The Bertz CT molecular complexity index is 335. The average Bonchev–Trinajstić information content (AvgIpc) is 2.18. The molecule has 2 nitrogen and oxygen atoms in total. The van der Waals surface area contributed by atoms with E-state index in [2.05, 4.69) is 5.32 Å². The summed E-state index contributed by atoms with van der Waals surface area (Å²) in [6.07, 6.45) is 0. The first-order valence-electron chi connectivity index (χ1n) is 4.70. The number of hydrogen-bond acceptors (Lipinski definition) is 1. The van der Waals surface area contributed by atoms with Gasteiger partial charge in [-0.2, -0.15) is 0 Å². The summed E-state index contributed by atoms with van der Waals surface area (Å²) < 4.78 is 0. The Labute approximate surface area is 99.6 Å². The third-order valence-corrected chi connectivity index (χ3v) is 2.54. The highest BCUT2D eigenvalue weighted by atomic mass is 35.5. The van der Waals surface area contributed by atoms with Gasteiger partial charge in [0.15, 0.2) is 0 Å². The lowest BCUT2D eigenvalue weighted by molar-refractivity contribution is -0.121. The zero-order valence-corrected chi connectivity index (χ0v) is 10.1. The maximum absolute atomic E-state index is 11.3. The van der Waals surface area contributed by atoms with Gasteiger partial charge in [-0.25, -0.2) is 0 Å². The van der Waals surface area contributed by atoms with E-state index in [9.17, 15) is 4.79 Å². The van der Waals surface area contributed by atoms with Crippen molar-refractivity contribution in [1.82, 2.24) is 5.32 Å². The molecule has 0 spiro atoms. The van der Waals surface area contributed by atoms with E-state index in [4.69, 9.17) is 23.2 Å². The van der Waals surface area contributed by atoms with Crippen LogP contribution in [0.3, 0.4) is 0 Å². The standard InChI is InChI=1S/C11H13Cl2NO/c1-7(12)11(15)14-8(2)9-3-5-10(13)6-4-9/h3-8H,1-2H3,(H,14,15). The lowest BCUT2D eigenvalue weighted by atomic mass is 10.1. The van der Waals surface area contributed by atoms with E-state index >= 15 is 0 Å². The van der Waals surface area contributed by atoms with Crippen LogP contribution in [0.15, 0.2) is 24.3 Å². The molecule has 0 aliphatic carbocycles. The van der Waals surface area contributed by atoms with Gasteiger partial charge in [-0.15, -0.1) is 11.6 Å². The monoisotopic (exact) mass is 245 g/mol.